The number of aromatic nitrogens is 1. The van der Waals surface area contributed by atoms with Crippen molar-refractivity contribution in [2.75, 3.05) is 32.1 Å². The van der Waals surface area contributed by atoms with Crippen LogP contribution < -0.4 is 10.2 Å². The molecule has 1 aliphatic rings. The van der Waals surface area contributed by atoms with Crippen LogP contribution in [0.4, 0.5) is 5.69 Å². The zero-order valence-electron chi connectivity index (χ0n) is 12.8. The molecule has 0 radical (unpaired) electrons. The molecule has 2 aromatic rings. The normalized spacial score (nSPS) is 16.6. The second-order valence-electron chi connectivity index (χ2n) is 5.52. The highest BCUT2D eigenvalue weighted by Crippen LogP contribution is 2.31. The minimum absolute atomic E-state index is 0.559. The number of rotatable bonds is 4. The zero-order valence-corrected chi connectivity index (χ0v) is 12.8. The van der Waals surface area contributed by atoms with E-state index in [4.69, 9.17) is 0 Å². The van der Waals surface area contributed by atoms with Crippen molar-refractivity contribution in [3.05, 3.63) is 59.9 Å². The van der Waals surface area contributed by atoms with Gasteiger partial charge in [0.1, 0.15) is 5.84 Å². The van der Waals surface area contributed by atoms with Gasteiger partial charge in [0.25, 0.3) is 0 Å². The Balaban J connectivity index is 2.09. The van der Waals surface area contributed by atoms with Crippen molar-refractivity contribution in [3.63, 3.8) is 0 Å². The molecule has 1 aliphatic heterocycles. The maximum Gasteiger partial charge on any atom is 0.189 e. The van der Waals surface area contributed by atoms with E-state index in [1.165, 1.54) is 0 Å². The van der Waals surface area contributed by atoms with Crippen LogP contribution in [0.1, 0.15) is 11.3 Å². The molecule has 22 heavy (non-hydrogen) atoms. The molecular weight excluding hydrogens is 276 g/mol. The first-order valence-corrected chi connectivity index (χ1v) is 7.33. The van der Waals surface area contributed by atoms with Gasteiger partial charge in [0.2, 0.25) is 0 Å². The van der Waals surface area contributed by atoms with E-state index in [0.717, 1.165) is 17.8 Å². The minimum Gasteiger partial charge on any atom is -0.378 e. The molecular formula is C17H20N4O. The number of hydrogen-bond acceptors (Lipinski definition) is 5. The smallest absolute Gasteiger partial charge is 0.189 e. The van der Waals surface area contributed by atoms with Crippen molar-refractivity contribution < 1.29 is 5.11 Å². The number of hydrogen-bond donors (Lipinski definition) is 2. The number of benzene rings is 1. The molecule has 2 heterocycles. The number of amidine groups is 1. The van der Waals surface area contributed by atoms with E-state index in [1.54, 1.807) is 6.20 Å². The SMILES string of the molecule is CN(C)c1ccc(C(O)(C2=NCCN2)c2ccccn2)cc1. The molecule has 0 bridgehead atoms. The van der Waals surface area contributed by atoms with Gasteiger partial charge in [-0.2, -0.15) is 0 Å². The van der Waals surface area contributed by atoms with Crippen LogP contribution >= 0.6 is 0 Å². The van der Waals surface area contributed by atoms with Crippen LogP contribution in [0.3, 0.4) is 0 Å². The Hall–Kier alpha value is -2.40. The maximum absolute atomic E-state index is 11.4. The highest BCUT2D eigenvalue weighted by atomic mass is 16.3. The van der Waals surface area contributed by atoms with Crippen LogP contribution in [0, 0.1) is 0 Å². The zero-order chi connectivity index (χ0) is 15.6. The van der Waals surface area contributed by atoms with Crippen molar-refractivity contribution >= 4 is 11.5 Å². The number of nitrogens with one attached hydrogen (secondary N) is 1. The van der Waals surface area contributed by atoms with Crippen molar-refractivity contribution in [3.8, 4) is 0 Å². The fraction of sp³-hybridized carbons (Fsp3) is 0.294. The topological polar surface area (TPSA) is 60.8 Å². The summed E-state index contributed by atoms with van der Waals surface area (Å²) in [6.07, 6.45) is 1.68. The van der Waals surface area contributed by atoms with Gasteiger partial charge in [0.15, 0.2) is 5.60 Å². The standard InChI is InChI=1S/C17H20N4O/c1-21(2)14-8-6-13(7-9-14)17(22,16-19-11-12-20-16)15-5-3-4-10-18-15/h3-10,22H,11-12H2,1-2H3,(H,19,20). The van der Waals surface area contributed by atoms with E-state index in [0.29, 0.717) is 18.1 Å². The summed E-state index contributed by atoms with van der Waals surface area (Å²) in [4.78, 5) is 10.8. The summed E-state index contributed by atoms with van der Waals surface area (Å²) in [5.41, 5.74) is 1.06. The molecule has 2 N–H and O–H groups in total. The highest BCUT2D eigenvalue weighted by molar-refractivity contribution is 5.95. The second-order valence-corrected chi connectivity index (χ2v) is 5.52. The van der Waals surface area contributed by atoms with Gasteiger partial charge >= 0.3 is 0 Å². The van der Waals surface area contributed by atoms with Gasteiger partial charge in [-0.05, 0) is 29.8 Å². The van der Waals surface area contributed by atoms with E-state index in [9.17, 15) is 5.11 Å². The molecule has 0 saturated heterocycles. The van der Waals surface area contributed by atoms with Gasteiger partial charge in [0, 0.05) is 32.5 Å². The summed E-state index contributed by atoms with van der Waals surface area (Å²) in [5, 5.41) is 14.6. The van der Waals surface area contributed by atoms with Crippen molar-refractivity contribution in [1.29, 1.82) is 0 Å². The molecule has 114 valence electrons. The first-order valence-electron chi connectivity index (χ1n) is 7.33. The minimum atomic E-state index is -1.34. The molecule has 0 spiro atoms. The Morgan fingerprint density at radius 3 is 2.45 bits per heavy atom. The lowest BCUT2D eigenvalue weighted by Gasteiger charge is -2.29. The average Bonchev–Trinajstić information content (AvgIpc) is 3.10. The lowest BCUT2D eigenvalue weighted by atomic mass is 9.88. The molecule has 0 amide bonds. The third-order valence-corrected chi connectivity index (χ3v) is 3.85. The van der Waals surface area contributed by atoms with E-state index in [-0.39, 0.29) is 0 Å². The van der Waals surface area contributed by atoms with Crippen molar-refractivity contribution in [2.45, 2.75) is 5.60 Å². The predicted molar refractivity (Wildman–Crippen MR) is 88.3 cm³/mol. The van der Waals surface area contributed by atoms with Crippen LogP contribution in [0.15, 0.2) is 53.7 Å². The average molecular weight is 296 g/mol. The largest absolute Gasteiger partial charge is 0.378 e. The summed E-state index contributed by atoms with van der Waals surface area (Å²) in [6, 6.07) is 13.3. The highest BCUT2D eigenvalue weighted by Gasteiger charge is 2.40. The number of pyridine rings is 1. The molecule has 5 heteroatoms. The van der Waals surface area contributed by atoms with Gasteiger partial charge in [-0.15, -0.1) is 0 Å². The number of aliphatic imine (C=N–C) groups is 1. The molecule has 0 fully saturated rings. The summed E-state index contributed by atoms with van der Waals surface area (Å²) < 4.78 is 0. The molecule has 1 aromatic heterocycles. The number of anilines is 1. The third kappa shape index (κ3) is 2.44. The van der Waals surface area contributed by atoms with Crippen LogP contribution in [0.2, 0.25) is 0 Å². The van der Waals surface area contributed by atoms with Crippen LogP contribution in [-0.2, 0) is 5.60 Å². The lowest BCUT2D eigenvalue weighted by Crippen LogP contribution is -2.44. The van der Waals surface area contributed by atoms with Gasteiger partial charge < -0.3 is 15.3 Å². The van der Waals surface area contributed by atoms with Crippen molar-refractivity contribution in [1.82, 2.24) is 10.3 Å². The van der Waals surface area contributed by atoms with E-state index < -0.39 is 5.60 Å². The Bertz CT molecular complexity index is 667. The van der Waals surface area contributed by atoms with Crippen LogP contribution in [0.25, 0.3) is 0 Å². The van der Waals surface area contributed by atoms with E-state index >= 15 is 0 Å². The summed E-state index contributed by atoms with van der Waals surface area (Å²) >= 11 is 0. The molecule has 0 aliphatic carbocycles. The first kappa shape index (κ1) is 14.5. The monoisotopic (exact) mass is 296 g/mol. The molecule has 1 aromatic carbocycles. The first-order chi connectivity index (χ1) is 10.6. The third-order valence-electron chi connectivity index (χ3n) is 3.85. The Kier molecular flexibility index (Phi) is 3.81. The van der Waals surface area contributed by atoms with E-state index in [2.05, 4.69) is 15.3 Å². The van der Waals surface area contributed by atoms with Gasteiger partial charge in [0.05, 0.1) is 12.2 Å². The fourth-order valence-electron chi connectivity index (χ4n) is 2.62. The molecule has 5 nitrogen and oxygen atoms in total. The molecule has 3 rings (SSSR count). The lowest BCUT2D eigenvalue weighted by molar-refractivity contribution is 0.147. The Morgan fingerprint density at radius 2 is 1.91 bits per heavy atom. The molecule has 1 atom stereocenters. The number of aliphatic hydroxyl groups is 1. The summed E-state index contributed by atoms with van der Waals surface area (Å²) in [7, 11) is 3.98. The molecule has 1 unspecified atom stereocenters. The second kappa shape index (κ2) is 5.77. The van der Waals surface area contributed by atoms with Gasteiger partial charge in [-0.25, -0.2) is 0 Å². The van der Waals surface area contributed by atoms with Crippen LogP contribution in [0.5, 0.6) is 0 Å². The number of nitrogens with zero attached hydrogens (tertiary/aromatic N) is 3. The van der Waals surface area contributed by atoms with Crippen LogP contribution in [-0.4, -0.2) is 43.1 Å². The van der Waals surface area contributed by atoms with E-state index in [1.807, 2.05) is 61.5 Å². The summed E-state index contributed by atoms with van der Waals surface area (Å²) in [5.74, 6) is 0.559. The van der Waals surface area contributed by atoms with Gasteiger partial charge in [-0.1, -0.05) is 18.2 Å². The maximum atomic E-state index is 11.4. The summed E-state index contributed by atoms with van der Waals surface area (Å²) in [6.45, 7) is 1.40. The quantitative estimate of drug-likeness (QED) is 0.895. The molecule has 0 saturated carbocycles. The predicted octanol–water partition coefficient (Wildman–Crippen LogP) is 1.39. The van der Waals surface area contributed by atoms with Crippen molar-refractivity contribution in [2.24, 2.45) is 4.99 Å². The Morgan fingerprint density at radius 1 is 1.14 bits per heavy atom. The Labute approximate surface area is 130 Å². The fourth-order valence-corrected chi connectivity index (χ4v) is 2.62. The van der Waals surface area contributed by atoms with Gasteiger partial charge in [-0.3, -0.25) is 9.98 Å².